The molecule has 4 aliphatic heterocycles. The van der Waals surface area contributed by atoms with Crippen LogP contribution in [0.3, 0.4) is 0 Å². The fourth-order valence-electron chi connectivity index (χ4n) is 8.87. The summed E-state index contributed by atoms with van der Waals surface area (Å²) in [5, 5.41) is 13.4. The van der Waals surface area contributed by atoms with Crippen LogP contribution in [0.1, 0.15) is 41.5 Å². The molecule has 13 nitrogen and oxygen atoms in total. The molecule has 0 aromatic heterocycles. The Hall–Kier alpha value is -4.35. The lowest BCUT2D eigenvalue weighted by molar-refractivity contribution is -0.218. The number of hydroxylamine groups is 2. The molecule has 5 fully saturated rings. The average Bonchev–Trinajstić information content (AvgIpc) is 3.92. The third-order valence-corrected chi connectivity index (χ3v) is 11.0. The molecule has 2 amide bonds. The maximum absolute atomic E-state index is 15.1. The smallest absolute Gasteiger partial charge is 0.422 e. The van der Waals surface area contributed by atoms with Crippen LogP contribution in [-0.2, 0) is 62.3 Å². The molecular weight excluding hydrogens is 703 g/mol. The van der Waals surface area contributed by atoms with Crippen LogP contribution < -0.4 is 5.32 Å². The van der Waals surface area contributed by atoms with Crippen molar-refractivity contribution in [2.75, 3.05) is 26.3 Å². The van der Waals surface area contributed by atoms with Crippen molar-refractivity contribution >= 4 is 29.8 Å². The zero-order valence-electron chi connectivity index (χ0n) is 28.5. The third-order valence-electron chi connectivity index (χ3n) is 11.0. The van der Waals surface area contributed by atoms with E-state index in [0.29, 0.717) is 43.4 Å². The molecule has 2 aromatic carbocycles. The zero-order valence-corrected chi connectivity index (χ0v) is 28.5. The topological polar surface area (TPSA) is 153 Å². The first-order valence-corrected chi connectivity index (χ1v) is 17.7. The number of carbonyl (C=O) groups is 4. The Morgan fingerprint density at radius 2 is 1.75 bits per heavy atom. The lowest BCUT2D eigenvalue weighted by Gasteiger charge is -2.50. The summed E-state index contributed by atoms with van der Waals surface area (Å²) in [4.78, 5) is 62.3. The van der Waals surface area contributed by atoms with Crippen LogP contribution in [0.25, 0.3) is 6.08 Å². The van der Waals surface area contributed by atoms with Gasteiger partial charge in [0.2, 0.25) is 11.8 Å². The van der Waals surface area contributed by atoms with E-state index in [0.717, 1.165) is 17.2 Å². The van der Waals surface area contributed by atoms with Gasteiger partial charge in [0.25, 0.3) is 0 Å². The maximum Gasteiger partial charge on any atom is 0.422 e. The molecule has 8 rings (SSSR count). The van der Waals surface area contributed by atoms with Gasteiger partial charge < -0.3 is 34.3 Å². The molecule has 16 heteroatoms. The highest BCUT2D eigenvalue weighted by atomic mass is 19.4. The number of carbonyl (C=O) groups excluding carboxylic acids is 4. The van der Waals surface area contributed by atoms with Gasteiger partial charge in [-0.15, -0.1) is 0 Å². The lowest BCUT2D eigenvalue weighted by atomic mass is 9.62. The Kier molecular flexibility index (Phi) is 9.08. The number of benzene rings is 2. The molecule has 1 spiro atoms. The number of aliphatic hydroxyl groups is 1. The van der Waals surface area contributed by atoms with Gasteiger partial charge in [-0.2, -0.15) is 18.2 Å². The maximum atomic E-state index is 15.1. The van der Waals surface area contributed by atoms with E-state index in [9.17, 15) is 32.7 Å². The van der Waals surface area contributed by atoms with Crippen LogP contribution in [0.15, 0.2) is 54.6 Å². The standard InChI is InChI=1S/C37H38F3N3O10/c38-37(39,40)20-49-27(45)12-11-21-7-9-22(10-8-21)19-43-30-33(47)50-26-18-36(30,34(48)42-14-3-6-25(42)32(46)41-13-15-44)31(53-43)29-28(26)51-35(52-29)16-23-4-1-2-5-24(23)17-35/h1-2,4-5,7-12,25-26,28-31,44H,3,6,13-20H2,(H,41,46)/t25-,26-,28+,29+,30+,31-,36+/m1/s1. The summed E-state index contributed by atoms with van der Waals surface area (Å²) in [6, 6.07) is 12.6. The fourth-order valence-corrected chi connectivity index (χ4v) is 8.87. The van der Waals surface area contributed by atoms with Gasteiger partial charge in [-0.3, -0.25) is 19.2 Å². The fraction of sp³-hybridized carbons (Fsp3) is 0.514. The van der Waals surface area contributed by atoms with Gasteiger partial charge >= 0.3 is 18.1 Å². The van der Waals surface area contributed by atoms with Gasteiger partial charge in [-0.05, 0) is 41.2 Å². The molecule has 6 aliphatic rings. The van der Waals surface area contributed by atoms with Crippen molar-refractivity contribution in [3.8, 4) is 0 Å². The molecule has 7 atom stereocenters. The molecule has 0 radical (unpaired) electrons. The van der Waals surface area contributed by atoms with Gasteiger partial charge in [-0.1, -0.05) is 48.5 Å². The van der Waals surface area contributed by atoms with Gasteiger partial charge in [0.05, 0.1) is 13.2 Å². The average molecular weight is 742 g/mol. The van der Waals surface area contributed by atoms with Crippen LogP contribution in [-0.4, -0.2) is 114 Å². The SMILES string of the molecule is O=C(C=Cc1ccc(CN2O[C@@H]3[C@H]4OC5(Cc6ccccc6C5)O[C@H]4[C@H]4C[C@]3(C(=O)N3CCC[C@@H]3C(=O)NCCO)[C@@H]2C(=O)O4)cc1)OCC(F)(F)F. The minimum atomic E-state index is -4.64. The van der Waals surface area contributed by atoms with Gasteiger partial charge in [-0.25, -0.2) is 4.79 Å². The van der Waals surface area contributed by atoms with Crippen molar-refractivity contribution in [1.82, 2.24) is 15.3 Å². The van der Waals surface area contributed by atoms with E-state index in [-0.39, 0.29) is 32.0 Å². The first-order chi connectivity index (χ1) is 25.4. The summed E-state index contributed by atoms with van der Waals surface area (Å²) in [5.41, 5.74) is 1.83. The van der Waals surface area contributed by atoms with Crippen LogP contribution in [0.5, 0.6) is 0 Å². The monoisotopic (exact) mass is 741 g/mol. The molecule has 2 aromatic rings. The van der Waals surface area contributed by atoms with Crippen molar-refractivity contribution in [3.63, 3.8) is 0 Å². The Labute approximate surface area is 301 Å². The predicted octanol–water partition coefficient (Wildman–Crippen LogP) is 1.98. The van der Waals surface area contributed by atoms with E-state index >= 15 is 4.79 Å². The van der Waals surface area contributed by atoms with Crippen molar-refractivity contribution in [2.45, 2.75) is 87.1 Å². The minimum Gasteiger partial charge on any atom is -0.458 e. The van der Waals surface area contributed by atoms with Crippen LogP contribution in [0, 0.1) is 5.41 Å². The number of likely N-dealkylation sites (tertiary alicyclic amines) is 1. The first-order valence-electron chi connectivity index (χ1n) is 17.7. The number of ether oxygens (including phenoxy) is 4. The lowest BCUT2D eigenvalue weighted by Crippen LogP contribution is -2.70. The number of halogens is 3. The molecule has 4 heterocycles. The van der Waals surface area contributed by atoms with Crippen molar-refractivity contribution < 1.29 is 61.2 Å². The first kappa shape index (κ1) is 35.7. The Morgan fingerprint density at radius 3 is 2.45 bits per heavy atom. The van der Waals surface area contributed by atoms with E-state index in [1.807, 2.05) is 24.3 Å². The molecule has 2 bridgehead atoms. The molecule has 2 N–H and O–H groups in total. The molecule has 282 valence electrons. The van der Waals surface area contributed by atoms with Gasteiger partial charge in [0.1, 0.15) is 35.9 Å². The van der Waals surface area contributed by atoms with Crippen LogP contribution >= 0.6 is 0 Å². The molecule has 0 unspecified atom stereocenters. The van der Waals surface area contributed by atoms with Crippen molar-refractivity contribution in [3.05, 3.63) is 76.9 Å². The summed E-state index contributed by atoms with van der Waals surface area (Å²) in [7, 11) is 0. The Bertz CT molecular complexity index is 1800. The third kappa shape index (κ3) is 6.39. The second-order valence-corrected chi connectivity index (χ2v) is 14.4. The number of hydrogen-bond acceptors (Lipinski definition) is 11. The number of esters is 2. The number of fused-ring (bicyclic) bond motifs is 5. The molecule has 4 saturated heterocycles. The van der Waals surface area contributed by atoms with E-state index in [2.05, 4.69) is 10.1 Å². The normalized spacial score (nSPS) is 31.1. The zero-order chi connectivity index (χ0) is 37.1. The largest absolute Gasteiger partial charge is 0.458 e. The molecule has 2 aliphatic carbocycles. The van der Waals surface area contributed by atoms with E-state index in [1.54, 1.807) is 24.3 Å². The molecule has 53 heavy (non-hydrogen) atoms. The van der Waals surface area contributed by atoms with E-state index in [1.165, 1.54) is 16.0 Å². The molecular formula is C37H38F3N3O10. The van der Waals surface area contributed by atoms with E-state index < -0.39 is 78.3 Å². The minimum absolute atomic E-state index is 0.0306. The Morgan fingerprint density at radius 1 is 1.04 bits per heavy atom. The van der Waals surface area contributed by atoms with Gasteiger partial charge in [0.15, 0.2) is 18.4 Å². The van der Waals surface area contributed by atoms with E-state index in [4.69, 9.17) is 19.0 Å². The number of aliphatic hydroxyl groups excluding tert-OH is 1. The summed E-state index contributed by atoms with van der Waals surface area (Å²) < 4.78 is 60.9. The van der Waals surface area contributed by atoms with Crippen LogP contribution in [0.2, 0.25) is 0 Å². The Balaban J connectivity index is 1.08. The predicted molar refractivity (Wildman–Crippen MR) is 175 cm³/mol. The second-order valence-electron chi connectivity index (χ2n) is 14.4. The number of nitrogens with zero attached hydrogens (tertiary/aromatic N) is 2. The highest BCUT2D eigenvalue weighted by molar-refractivity contribution is 5.96. The number of hydrogen-bond donors (Lipinski definition) is 2. The van der Waals surface area contributed by atoms with Gasteiger partial charge in [0, 0.05) is 38.4 Å². The van der Waals surface area contributed by atoms with Crippen molar-refractivity contribution in [2.24, 2.45) is 5.41 Å². The number of amides is 2. The second kappa shape index (κ2) is 13.5. The highest BCUT2D eigenvalue weighted by Gasteiger charge is 2.77. The number of alkyl halides is 3. The highest BCUT2D eigenvalue weighted by Crippen LogP contribution is 2.59. The summed E-state index contributed by atoms with van der Waals surface area (Å²) in [6.45, 7) is -1.59. The summed E-state index contributed by atoms with van der Waals surface area (Å²) >= 11 is 0. The van der Waals surface area contributed by atoms with Crippen molar-refractivity contribution in [1.29, 1.82) is 0 Å². The number of nitrogens with one attached hydrogen (secondary N) is 1. The number of rotatable bonds is 9. The summed E-state index contributed by atoms with van der Waals surface area (Å²) in [6.07, 6.45) is -3.70. The quantitative estimate of drug-likeness (QED) is 0.287. The van der Waals surface area contributed by atoms with Crippen LogP contribution in [0.4, 0.5) is 13.2 Å². The summed E-state index contributed by atoms with van der Waals surface area (Å²) in [5.74, 6) is -3.64. The molecule has 1 saturated carbocycles.